The van der Waals surface area contributed by atoms with Crippen molar-refractivity contribution in [3.8, 4) is 0 Å². The topological polar surface area (TPSA) is 17.1 Å². The summed E-state index contributed by atoms with van der Waals surface area (Å²) < 4.78 is 0. The highest BCUT2D eigenvalue weighted by atomic mass is 79.9. The van der Waals surface area contributed by atoms with Crippen LogP contribution in [0.25, 0.3) is 0 Å². The zero-order valence-electron chi connectivity index (χ0n) is 5.09. The Balaban J connectivity index is 3.23. The van der Waals surface area contributed by atoms with E-state index in [9.17, 15) is 4.79 Å². The fraction of sp³-hybridized carbons (Fsp3) is 0.286. The van der Waals surface area contributed by atoms with Gasteiger partial charge < -0.3 is 0 Å². The Morgan fingerprint density at radius 1 is 1.22 bits per heavy atom. The number of carbonyl (C=O) groups excluding carboxylic acids is 1. The molecule has 0 N–H and O–H groups in total. The van der Waals surface area contributed by atoms with Gasteiger partial charge in [-0.1, -0.05) is 34.2 Å². The molecule has 0 radical (unpaired) electrons. The molecule has 0 aliphatic carbocycles. The Kier molecular flexibility index (Phi) is 7.32. The SMILES string of the molecule is O=CC=C/C=C\CCBr. The van der Waals surface area contributed by atoms with E-state index in [-0.39, 0.29) is 0 Å². The van der Waals surface area contributed by atoms with E-state index in [1.54, 1.807) is 6.08 Å². The normalized spacial score (nSPS) is 11.2. The van der Waals surface area contributed by atoms with E-state index in [4.69, 9.17) is 0 Å². The minimum Gasteiger partial charge on any atom is -0.299 e. The van der Waals surface area contributed by atoms with Crippen LogP contribution in [0.15, 0.2) is 24.3 Å². The monoisotopic (exact) mass is 188 g/mol. The molecular weight excluding hydrogens is 180 g/mol. The molecule has 1 nitrogen and oxygen atoms in total. The first-order valence-corrected chi connectivity index (χ1v) is 3.87. The zero-order chi connectivity index (χ0) is 6.95. The molecule has 0 spiro atoms. The van der Waals surface area contributed by atoms with Crippen LogP contribution in [0.2, 0.25) is 0 Å². The molecule has 0 unspecified atom stereocenters. The van der Waals surface area contributed by atoms with Crippen molar-refractivity contribution in [1.82, 2.24) is 0 Å². The molecular formula is C7H9BrO. The number of rotatable bonds is 4. The smallest absolute Gasteiger partial charge is 0.142 e. The maximum atomic E-state index is 9.71. The molecule has 0 aliphatic heterocycles. The number of hydrogen-bond acceptors (Lipinski definition) is 1. The van der Waals surface area contributed by atoms with Gasteiger partial charge in [0.25, 0.3) is 0 Å². The molecule has 0 bridgehead atoms. The van der Waals surface area contributed by atoms with Crippen molar-refractivity contribution in [2.75, 3.05) is 5.33 Å². The summed E-state index contributed by atoms with van der Waals surface area (Å²) in [7, 11) is 0. The second-order valence-electron chi connectivity index (χ2n) is 1.43. The molecule has 0 saturated heterocycles. The van der Waals surface area contributed by atoms with Crippen LogP contribution in [-0.4, -0.2) is 11.6 Å². The number of hydrogen-bond donors (Lipinski definition) is 0. The van der Waals surface area contributed by atoms with Gasteiger partial charge in [0.05, 0.1) is 0 Å². The molecule has 2 heteroatoms. The maximum Gasteiger partial charge on any atom is 0.142 e. The van der Waals surface area contributed by atoms with Gasteiger partial charge in [0, 0.05) is 5.33 Å². The molecule has 0 amide bonds. The summed E-state index contributed by atoms with van der Waals surface area (Å²) in [6.07, 6.45) is 8.80. The van der Waals surface area contributed by atoms with Gasteiger partial charge in [0.15, 0.2) is 0 Å². The minimum atomic E-state index is 0.762. The van der Waals surface area contributed by atoms with E-state index in [2.05, 4.69) is 15.9 Å². The average molecular weight is 189 g/mol. The second-order valence-corrected chi connectivity index (χ2v) is 2.22. The summed E-state index contributed by atoms with van der Waals surface area (Å²) in [5, 5.41) is 0.971. The zero-order valence-corrected chi connectivity index (χ0v) is 6.67. The Bertz CT molecular complexity index is 116. The number of aldehydes is 1. The lowest BCUT2D eigenvalue weighted by Gasteiger charge is -1.76. The fourth-order valence-electron chi connectivity index (χ4n) is 0.347. The third-order valence-corrected chi connectivity index (χ3v) is 1.17. The van der Waals surface area contributed by atoms with Gasteiger partial charge in [-0.05, 0) is 12.5 Å². The van der Waals surface area contributed by atoms with E-state index >= 15 is 0 Å². The number of alkyl halides is 1. The van der Waals surface area contributed by atoms with Crippen LogP contribution in [0.4, 0.5) is 0 Å². The Morgan fingerprint density at radius 3 is 2.56 bits per heavy atom. The van der Waals surface area contributed by atoms with Crippen LogP contribution in [0.3, 0.4) is 0 Å². The first-order valence-electron chi connectivity index (χ1n) is 2.74. The van der Waals surface area contributed by atoms with E-state index < -0.39 is 0 Å². The molecule has 0 aromatic rings. The minimum absolute atomic E-state index is 0.762. The largest absolute Gasteiger partial charge is 0.299 e. The van der Waals surface area contributed by atoms with Crippen LogP contribution in [0.1, 0.15) is 6.42 Å². The van der Waals surface area contributed by atoms with Crippen molar-refractivity contribution in [3.63, 3.8) is 0 Å². The van der Waals surface area contributed by atoms with Gasteiger partial charge >= 0.3 is 0 Å². The standard InChI is InChI=1S/C7H9BrO/c8-6-4-2-1-3-5-7-9/h1-3,5,7H,4,6H2/b2-1-,5-3?. The summed E-state index contributed by atoms with van der Waals surface area (Å²) in [4.78, 5) is 9.71. The number of halogens is 1. The molecule has 0 aromatic carbocycles. The van der Waals surface area contributed by atoms with Gasteiger partial charge in [0.2, 0.25) is 0 Å². The van der Waals surface area contributed by atoms with Crippen molar-refractivity contribution < 1.29 is 4.79 Å². The molecule has 0 aromatic heterocycles. The molecule has 9 heavy (non-hydrogen) atoms. The predicted octanol–water partition coefficient (Wildman–Crippen LogP) is 2.08. The summed E-state index contributed by atoms with van der Waals surface area (Å²) in [6, 6.07) is 0. The molecule has 50 valence electrons. The van der Waals surface area contributed by atoms with Crippen molar-refractivity contribution in [2.45, 2.75) is 6.42 Å². The molecule has 0 heterocycles. The van der Waals surface area contributed by atoms with Gasteiger partial charge in [-0.25, -0.2) is 0 Å². The summed E-state index contributed by atoms with van der Waals surface area (Å²) in [6.45, 7) is 0. The molecule has 0 saturated carbocycles. The second kappa shape index (κ2) is 7.63. The highest BCUT2D eigenvalue weighted by molar-refractivity contribution is 9.09. The predicted molar refractivity (Wildman–Crippen MR) is 42.8 cm³/mol. The van der Waals surface area contributed by atoms with E-state index in [0.29, 0.717) is 0 Å². The summed E-state index contributed by atoms with van der Waals surface area (Å²) in [5.74, 6) is 0. The highest BCUT2D eigenvalue weighted by Gasteiger charge is 1.69. The van der Waals surface area contributed by atoms with Gasteiger partial charge in [-0.3, -0.25) is 4.79 Å². The van der Waals surface area contributed by atoms with E-state index in [1.165, 1.54) is 6.08 Å². The van der Waals surface area contributed by atoms with Crippen LogP contribution in [-0.2, 0) is 4.79 Å². The van der Waals surface area contributed by atoms with Crippen LogP contribution in [0.5, 0.6) is 0 Å². The number of allylic oxidation sites excluding steroid dienone is 4. The fourth-order valence-corrected chi connectivity index (χ4v) is 0.612. The lowest BCUT2D eigenvalue weighted by molar-refractivity contribution is -0.104. The third-order valence-electron chi connectivity index (χ3n) is 0.713. The van der Waals surface area contributed by atoms with Crippen molar-refractivity contribution >= 4 is 22.2 Å². The van der Waals surface area contributed by atoms with Crippen LogP contribution >= 0.6 is 15.9 Å². The van der Waals surface area contributed by atoms with Gasteiger partial charge in [0.1, 0.15) is 6.29 Å². The van der Waals surface area contributed by atoms with Crippen LogP contribution in [0, 0.1) is 0 Å². The molecule has 0 rings (SSSR count). The maximum absolute atomic E-state index is 9.71. The number of carbonyl (C=O) groups is 1. The highest BCUT2D eigenvalue weighted by Crippen LogP contribution is 1.88. The van der Waals surface area contributed by atoms with E-state index in [0.717, 1.165) is 18.0 Å². The summed E-state index contributed by atoms with van der Waals surface area (Å²) >= 11 is 3.27. The quantitative estimate of drug-likeness (QED) is 0.286. The van der Waals surface area contributed by atoms with Gasteiger partial charge in [-0.15, -0.1) is 0 Å². The van der Waals surface area contributed by atoms with Crippen molar-refractivity contribution in [3.05, 3.63) is 24.3 Å². The first kappa shape index (κ1) is 8.63. The Morgan fingerprint density at radius 2 is 2.00 bits per heavy atom. The Labute approximate surface area is 63.6 Å². The van der Waals surface area contributed by atoms with Gasteiger partial charge in [-0.2, -0.15) is 0 Å². The first-order chi connectivity index (χ1) is 4.41. The van der Waals surface area contributed by atoms with E-state index in [1.807, 2.05) is 12.2 Å². The molecule has 0 aliphatic rings. The lowest BCUT2D eigenvalue weighted by Crippen LogP contribution is -1.63. The third kappa shape index (κ3) is 7.63. The summed E-state index contributed by atoms with van der Waals surface area (Å²) in [5.41, 5.74) is 0. The van der Waals surface area contributed by atoms with Crippen LogP contribution < -0.4 is 0 Å². The average Bonchev–Trinajstić information content (AvgIpc) is 1.89. The lowest BCUT2D eigenvalue weighted by atomic mass is 10.4. The molecule has 0 fully saturated rings. The molecule has 0 atom stereocenters. The Hall–Kier alpha value is -0.370. The van der Waals surface area contributed by atoms with Crippen molar-refractivity contribution in [2.24, 2.45) is 0 Å². The van der Waals surface area contributed by atoms with Crippen molar-refractivity contribution in [1.29, 1.82) is 0 Å².